The van der Waals surface area contributed by atoms with Gasteiger partial charge in [0.15, 0.2) is 0 Å². The third-order valence-corrected chi connectivity index (χ3v) is 14.5. The quantitative estimate of drug-likeness (QED) is 0.156. The van der Waals surface area contributed by atoms with Gasteiger partial charge in [0.25, 0.3) is 0 Å². The SMILES string of the molecule is CC1(C)c2ccccc2-c2ccc(N(c3ccc(-c4ccc5c(c4)c4ccccc4n5-c4ccccc4)cc3)c3cccc4c5cc(-c6ccccc6)cc6oc7cccc(c34)c7c65)cc21. The van der Waals surface area contributed by atoms with E-state index in [0.29, 0.717) is 0 Å². The Morgan fingerprint density at radius 3 is 1.88 bits per heavy atom. The first-order chi connectivity index (χ1) is 32.5. The fourth-order valence-electron chi connectivity index (χ4n) is 11.5. The molecule has 66 heavy (non-hydrogen) atoms. The zero-order valence-electron chi connectivity index (χ0n) is 36.6. The van der Waals surface area contributed by atoms with Gasteiger partial charge in [0.05, 0.1) is 16.7 Å². The molecular formula is C63H42N2O. The summed E-state index contributed by atoms with van der Waals surface area (Å²) in [6.07, 6.45) is 0. The summed E-state index contributed by atoms with van der Waals surface area (Å²) in [4.78, 5) is 2.49. The van der Waals surface area contributed by atoms with Crippen molar-refractivity contribution in [2.45, 2.75) is 19.3 Å². The largest absolute Gasteiger partial charge is 0.456 e. The highest BCUT2D eigenvalue weighted by Crippen LogP contribution is 2.53. The van der Waals surface area contributed by atoms with Gasteiger partial charge in [-0.05, 0) is 140 Å². The number of benzene rings is 11. The monoisotopic (exact) mass is 842 g/mol. The minimum atomic E-state index is -0.156. The molecule has 1 aliphatic rings. The highest BCUT2D eigenvalue weighted by molar-refractivity contribution is 6.35. The van der Waals surface area contributed by atoms with E-state index in [2.05, 4.69) is 242 Å². The molecule has 3 heteroatoms. The van der Waals surface area contributed by atoms with E-state index >= 15 is 0 Å². The lowest BCUT2D eigenvalue weighted by molar-refractivity contribution is 0.660. The second-order valence-corrected chi connectivity index (χ2v) is 18.4. The van der Waals surface area contributed by atoms with Gasteiger partial charge in [0.1, 0.15) is 11.2 Å². The van der Waals surface area contributed by atoms with E-state index in [1.807, 2.05) is 0 Å². The van der Waals surface area contributed by atoms with Crippen molar-refractivity contribution in [2.75, 3.05) is 4.90 Å². The lowest BCUT2D eigenvalue weighted by Crippen LogP contribution is -2.16. The molecule has 1 aliphatic carbocycles. The van der Waals surface area contributed by atoms with Crippen LogP contribution >= 0.6 is 0 Å². The van der Waals surface area contributed by atoms with E-state index < -0.39 is 0 Å². The van der Waals surface area contributed by atoms with E-state index in [0.717, 1.165) is 39.5 Å². The van der Waals surface area contributed by atoms with E-state index in [4.69, 9.17) is 4.42 Å². The third kappa shape index (κ3) is 5.26. The molecule has 0 N–H and O–H groups in total. The first-order valence-electron chi connectivity index (χ1n) is 22.9. The van der Waals surface area contributed by atoms with Gasteiger partial charge in [-0.3, -0.25) is 0 Å². The maximum atomic E-state index is 6.74. The van der Waals surface area contributed by atoms with Crippen LogP contribution in [0.15, 0.2) is 223 Å². The van der Waals surface area contributed by atoms with Crippen LogP contribution in [-0.4, -0.2) is 4.57 Å². The molecule has 0 atom stereocenters. The van der Waals surface area contributed by atoms with Crippen molar-refractivity contribution in [3.05, 3.63) is 230 Å². The number of aromatic nitrogens is 1. The maximum Gasteiger partial charge on any atom is 0.136 e. The van der Waals surface area contributed by atoms with Crippen LogP contribution in [0.4, 0.5) is 17.1 Å². The lowest BCUT2D eigenvalue weighted by Gasteiger charge is -2.29. The highest BCUT2D eigenvalue weighted by Gasteiger charge is 2.36. The second-order valence-electron chi connectivity index (χ2n) is 18.4. The number of furan rings is 1. The molecule has 0 saturated heterocycles. The van der Waals surface area contributed by atoms with E-state index in [1.54, 1.807) is 0 Å². The summed E-state index contributed by atoms with van der Waals surface area (Å²) >= 11 is 0. The molecule has 0 aliphatic heterocycles. The molecule has 11 aromatic carbocycles. The Bertz CT molecular complexity index is 4060. The molecule has 13 aromatic rings. The van der Waals surface area contributed by atoms with Crippen molar-refractivity contribution in [3.8, 4) is 39.1 Å². The summed E-state index contributed by atoms with van der Waals surface area (Å²) in [5.41, 5.74) is 18.6. The van der Waals surface area contributed by atoms with Crippen LogP contribution in [0.3, 0.4) is 0 Å². The average Bonchev–Trinajstić information content (AvgIpc) is 3.99. The molecule has 14 rings (SSSR count). The fourth-order valence-corrected chi connectivity index (χ4v) is 11.5. The van der Waals surface area contributed by atoms with Gasteiger partial charge in [0.2, 0.25) is 0 Å². The van der Waals surface area contributed by atoms with Crippen LogP contribution in [0.5, 0.6) is 0 Å². The predicted molar refractivity (Wildman–Crippen MR) is 277 cm³/mol. The Balaban J connectivity index is 0.985. The Morgan fingerprint density at radius 1 is 0.379 bits per heavy atom. The standard InChI is InChI=1S/C63H42N2O/c1-63(2)53-23-11-9-19-46(53)47-33-32-45(38-54(47)63)64(44-30-27-40(28-31-44)41-29-34-56-51(35-41)48-20-10-12-24-55(48)65(56)43-17-7-4-8-18-43)57-25-13-21-49-52-36-42(39-15-5-3-6-16-39)37-59-62(52)61-50(60(49)57)22-14-26-58(61)66-59/h3-38H,1-2H3. The van der Waals surface area contributed by atoms with E-state index in [-0.39, 0.29) is 5.41 Å². The van der Waals surface area contributed by atoms with Gasteiger partial charge >= 0.3 is 0 Å². The Morgan fingerprint density at radius 2 is 1.02 bits per heavy atom. The van der Waals surface area contributed by atoms with Crippen LogP contribution < -0.4 is 4.90 Å². The minimum Gasteiger partial charge on any atom is -0.456 e. The summed E-state index contributed by atoms with van der Waals surface area (Å²) in [6.45, 7) is 4.73. The molecule has 2 heterocycles. The molecular weight excluding hydrogens is 801 g/mol. The Kier molecular flexibility index (Phi) is 7.74. The number of nitrogens with zero attached hydrogens (tertiary/aromatic N) is 2. The summed E-state index contributed by atoms with van der Waals surface area (Å²) < 4.78 is 9.11. The third-order valence-electron chi connectivity index (χ3n) is 14.5. The number of fused-ring (bicyclic) bond motifs is 9. The Hall–Kier alpha value is -8.40. The van der Waals surface area contributed by atoms with Crippen LogP contribution in [0.1, 0.15) is 25.0 Å². The van der Waals surface area contributed by atoms with Crippen LogP contribution in [0.2, 0.25) is 0 Å². The van der Waals surface area contributed by atoms with Gasteiger partial charge in [-0.1, -0.05) is 153 Å². The topological polar surface area (TPSA) is 21.3 Å². The minimum absolute atomic E-state index is 0.156. The number of hydrogen-bond donors (Lipinski definition) is 0. The number of rotatable bonds is 6. The van der Waals surface area contributed by atoms with Crippen LogP contribution in [0, 0.1) is 0 Å². The predicted octanol–water partition coefficient (Wildman–Crippen LogP) is 17.5. The molecule has 0 unspecified atom stereocenters. The lowest BCUT2D eigenvalue weighted by atomic mass is 9.82. The molecule has 2 aromatic heterocycles. The number of hydrogen-bond acceptors (Lipinski definition) is 2. The first kappa shape index (κ1) is 37.0. The number of anilines is 3. The smallest absolute Gasteiger partial charge is 0.136 e. The molecule has 0 fully saturated rings. The summed E-state index contributed by atoms with van der Waals surface area (Å²) in [5.74, 6) is 0. The molecule has 3 nitrogen and oxygen atoms in total. The van der Waals surface area contributed by atoms with Crippen molar-refractivity contribution in [2.24, 2.45) is 0 Å². The van der Waals surface area contributed by atoms with E-state index in [9.17, 15) is 0 Å². The van der Waals surface area contributed by atoms with Gasteiger partial charge < -0.3 is 13.9 Å². The fraction of sp³-hybridized carbons (Fsp3) is 0.0476. The molecule has 0 bridgehead atoms. The van der Waals surface area contributed by atoms with E-state index in [1.165, 1.54) is 93.1 Å². The molecule has 0 amide bonds. The molecule has 310 valence electrons. The first-order valence-corrected chi connectivity index (χ1v) is 22.9. The van der Waals surface area contributed by atoms with Crippen molar-refractivity contribution in [1.82, 2.24) is 4.57 Å². The zero-order chi connectivity index (χ0) is 43.7. The average molecular weight is 843 g/mol. The van der Waals surface area contributed by atoms with Crippen LogP contribution in [0.25, 0.3) is 104 Å². The van der Waals surface area contributed by atoms with Crippen molar-refractivity contribution in [3.63, 3.8) is 0 Å². The summed E-state index contributed by atoms with van der Waals surface area (Å²) in [6, 6.07) is 80.2. The summed E-state index contributed by atoms with van der Waals surface area (Å²) in [7, 11) is 0. The number of para-hydroxylation sites is 2. The molecule has 0 radical (unpaired) electrons. The normalized spacial score (nSPS) is 13.1. The van der Waals surface area contributed by atoms with Gasteiger partial charge in [-0.15, -0.1) is 0 Å². The van der Waals surface area contributed by atoms with Gasteiger partial charge in [-0.2, -0.15) is 0 Å². The Labute approximate surface area is 382 Å². The molecule has 0 spiro atoms. The van der Waals surface area contributed by atoms with Crippen molar-refractivity contribution < 1.29 is 4.42 Å². The van der Waals surface area contributed by atoms with Gasteiger partial charge in [0, 0.05) is 49.4 Å². The second kappa shape index (κ2) is 13.8. The highest BCUT2D eigenvalue weighted by atomic mass is 16.3. The maximum absolute atomic E-state index is 6.74. The van der Waals surface area contributed by atoms with Crippen LogP contribution in [-0.2, 0) is 5.41 Å². The summed E-state index contributed by atoms with van der Waals surface area (Å²) in [5, 5.41) is 9.65. The molecule has 0 saturated carbocycles. The van der Waals surface area contributed by atoms with Crippen molar-refractivity contribution >= 4 is 82.4 Å². The zero-order valence-corrected chi connectivity index (χ0v) is 36.6. The van der Waals surface area contributed by atoms with Gasteiger partial charge in [-0.25, -0.2) is 0 Å². The van der Waals surface area contributed by atoms with Crippen molar-refractivity contribution in [1.29, 1.82) is 0 Å².